The quantitative estimate of drug-likeness (QED) is 0.435. The first-order chi connectivity index (χ1) is 5.82. The van der Waals surface area contributed by atoms with Crippen LogP contribution in [0.25, 0.3) is 0 Å². The van der Waals surface area contributed by atoms with Gasteiger partial charge in [0, 0.05) is 12.3 Å². The third-order valence-electron chi connectivity index (χ3n) is 3.61. The maximum atomic E-state index is 10.1. The molecular weight excluding hydrogens is 162 g/mol. The van der Waals surface area contributed by atoms with E-state index in [1.165, 1.54) is 0 Å². The molecule has 1 rings (SSSR count). The van der Waals surface area contributed by atoms with E-state index in [9.17, 15) is 5.11 Å². The minimum absolute atomic E-state index is 0.184. The van der Waals surface area contributed by atoms with Crippen LogP contribution in [0, 0.1) is 18.3 Å². The zero-order valence-electron chi connectivity index (χ0n) is 9.04. The number of piperidine rings is 1. The molecule has 13 heavy (non-hydrogen) atoms. The summed E-state index contributed by atoms with van der Waals surface area (Å²) < 4.78 is 0.950. The average molecular weight is 182 g/mol. The van der Waals surface area contributed by atoms with Crippen molar-refractivity contribution in [3.05, 3.63) is 0 Å². The van der Waals surface area contributed by atoms with Gasteiger partial charge in [-0.05, 0) is 6.92 Å². The molecule has 1 heterocycles. The topological polar surface area (TPSA) is 20.2 Å². The van der Waals surface area contributed by atoms with Crippen LogP contribution in [0.15, 0.2) is 0 Å². The Morgan fingerprint density at radius 1 is 1.46 bits per heavy atom. The second-order valence-corrected chi connectivity index (χ2v) is 4.98. The standard InChI is InChI=1S/C11H20NO/c1-6-11(13)7-10(3)12(4,5)8-9(11)2/h1,9-10,13H,7-8H2,2-5H3/q+1/t9-,10-,11-/m1/s1. The number of hydrogen-bond acceptors (Lipinski definition) is 1. The molecule has 3 atom stereocenters. The molecule has 1 aliphatic heterocycles. The van der Waals surface area contributed by atoms with E-state index in [2.05, 4.69) is 26.9 Å². The second-order valence-electron chi connectivity index (χ2n) is 4.98. The lowest BCUT2D eigenvalue weighted by atomic mass is 9.79. The Morgan fingerprint density at radius 2 is 2.00 bits per heavy atom. The molecule has 1 N–H and O–H groups in total. The minimum Gasteiger partial charge on any atom is -0.377 e. The summed E-state index contributed by atoms with van der Waals surface area (Å²) in [7, 11) is 4.38. The molecule has 0 radical (unpaired) electrons. The monoisotopic (exact) mass is 182 g/mol. The number of aliphatic hydroxyl groups is 1. The molecule has 2 nitrogen and oxygen atoms in total. The van der Waals surface area contributed by atoms with E-state index < -0.39 is 5.60 Å². The zero-order valence-corrected chi connectivity index (χ0v) is 9.04. The van der Waals surface area contributed by atoms with Crippen molar-refractivity contribution < 1.29 is 9.59 Å². The summed E-state index contributed by atoms with van der Waals surface area (Å²) in [4.78, 5) is 0. The minimum atomic E-state index is -0.882. The van der Waals surface area contributed by atoms with Crippen LogP contribution in [0.1, 0.15) is 20.3 Å². The molecule has 0 bridgehead atoms. The van der Waals surface area contributed by atoms with Crippen molar-refractivity contribution in [3.8, 4) is 12.3 Å². The smallest absolute Gasteiger partial charge is 0.138 e. The Hall–Kier alpha value is -0.520. The summed E-state index contributed by atoms with van der Waals surface area (Å²) in [6, 6.07) is 0.428. The van der Waals surface area contributed by atoms with E-state index in [4.69, 9.17) is 6.42 Å². The van der Waals surface area contributed by atoms with Crippen molar-refractivity contribution >= 4 is 0 Å². The van der Waals surface area contributed by atoms with E-state index in [0.717, 1.165) is 11.0 Å². The molecule has 74 valence electrons. The molecule has 1 fully saturated rings. The number of rotatable bonds is 0. The predicted molar refractivity (Wildman–Crippen MR) is 54.0 cm³/mol. The molecule has 0 aromatic heterocycles. The van der Waals surface area contributed by atoms with Crippen LogP contribution >= 0.6 is 0 Å². The number of nitrogens with zero attached hydrogens (tertiary/aromatic N) is 1. The highest BCUT2D eigenvalue weighted by molar-refractivity contribution is 5.11. The van der Waals surface area contributed by atoms with Gasteiger partial charge in [-0.15, -0.1) is 6.42 Å². The van der Waals surface area contributed by atoms with E-state index in [1.54, 1.807) is 0 Å². The van der Waals surface area contributed by atoms with E-state index in [1.807, 2.05) is 6.92 Å². The number of likely N-dealkylation sites (tertiary alicyclic amines) is 1. The first-order valence-corrected chi connectivity index (χ1v) is 4.84. The average Bonchev–Trinajstić information content (AvgIpc) is 2.01. The van der Waals surface area contributed by atoms with Gasteiger partial charge in [0.05, 0.1) is 26.7 Å². The van der Waals surface area contributed by atoms with Crippen molar-refractivity contribution in [2.75, 3.05) is 20.6 Å². The molecule has 0 amide bonds. The third-order valence-corrected chi connectivity index (χ3v) is 3.61. The van der Waals surface area contributed by atoms with E-state index >= 15 is 0 Å². The molecule has 0 aromatic rings. The SMILES string of the molecule is C#C[C@@]1(O)C[C@@H](C)[N+](C)(C)C[C@H]1C. The number of quaternary nitrogens is 1. The molecule has 0 saturated carbocycles. The summed E-state index contributed by atoms with van der Waals surface area (Å²) in [5.74, 6) is 2.73. The number of hydrogen-bond donors (Lipinski definition) is 1. The van der Waals surface area contributed by atoms with Crippen LogP contribution in [-0.4, -0.2) is 41.9 Å². The fraction of sp³-hybridized carbons (Fsp3) is 0.818. The van der Waals surface area contributed by atoms with Crippen molar-refractivity contribution in [3.63, 3.8) is 0 Å². The van der Waals surface area contributed by atoms with Gasteiger partial charge in [0.2, 0.25) is 0 Å². The van der Waals surface area contributed by atoms with Gasteiger partial charge in [-0.25, -0.2) is 0 Å². The Morgan fingerprint density at radius 3 is 2.46 bits per heavy atom. The maximum absolute atomic E-state index is 10.1. The molecular formula is C11H20NO+. The van der Waals surface area contributed by atoms with Crippen LogP contribution in [0.3, 0.4) is 0 Å². The Balaban J connectivity index is 2.87. The summed E-state index contributed by atoms with van der Waals surface area (Å²) in [5.41, 5.74) is -0.882. The van der Waals surface area contributed by atoms with Crippen LogP contribution in [0.5, 0.6) is 0 Å². The van der Waals surface area contributed by atoms with Crippen molar-refractivity contribution in [2.45, 2.75) is 31.9 Å². The summed E-state index contributed by atoms with van der Waals surface area (Å²) >= 11 is 0. The van der Waals surface area contributed by atoms with Crippen LogP contribution in [-0.2, 0) is 0 Å². The van der Waals surface area contributed by atoms with Crippen molar-refractivity contribution in [1.29, 1.82) is 0 Å². The lowest BCUT2D eigenvalue weighted by molar-refractivity contribution is -0.923. The van der Waals surface area contributed by atoms with Gasteiger partial charge in [0.25, 0.3) is 0 Å². The Labute approximate surface area is 81.1 Å². The fourth-order valence-corrected chi connectivity index (χ4v) is 2.14. The van der Waals surface area contributed by atoms with Crippen LogP contribution in [0.2, 0.25) is 0 Å². The highest BCUT2D eigenvalue weighted by Gasteiger charge is 2.46. The largest absolute Gasteiger partial charge is 0.377 e. The molecule has 1 saturated heterocycles. The normalized spacial score (nSPS) is 44.0. The van der Waals surface area contributed by atoms with Gasteiger partial charge in [0.1, 0.15) is 5.60 Å². The van der Waals surface area contributed by atoms with Gasteiger partial charge < -0.3 is 9.59 Å². The highest BCUT2D eigenvalue weighted by atomic mass is 16.3. The summed E-state index contributed by atoms with van der Waals surface area (Å²) in [6.45, 7) is 5.13. The maximum Gasteiger partial charge on any atom is 0.138 e. The number of terminal acetylenes is 1. The van der Waals surface area contributed by atoms with Gasteiger partial charge in [-0.2, -0.15) is 0 Å². The first-order valence-electron chi connectivity index (χ1n) is 4.84. The van der Waals surface area contributed by atoms with Crippen LogP contribution < -0.4 is 0 Å². The first kappa shape index (κ1) is 10.6. The van der Waals surface area contributed by atoms with Crippen molar-refractivity contribution in [2.24, 2.45) is 5.92 Å². The van der Waals surface area contributed by atoms with Crippen LogP contribution in [0.4, 0.5) is 0 Å². The zero-order chi connectivity index (χ0) is 10.3. The fourth-order valence-electron chi connectivity index (χ4n) is 2.14. The molecule has 1 aliphatic rings. The third kappa shape index (κ3) is 1.72. The van der Waals surface area contributed by atoms with Gasteiger partial charge in [-0.1, -0.05) is 12.8 Å². The van der Waals surface area contributed by atoms with Gasteiger partial charge >= 0.3 is 0 Å². The molecule has 0 aliphatic carbocycles. The van der Waals surface area contributed by atoms with Crippen molar-refractivity contribution in [1.82, 2.24) is 0 Å². The second kappa shape index (κ2) is 3.01. The molecule has 0 spiro atoms. The highest BCUT2D eigenvalue weighted by Crippen LogP contribution is 2.33. The van der Waals surface area contributed by atoms with Gasteiger partial charge in [-0.3, -0.25) is 0 Å². The Bertz CT molecular complexity index is 241. The summed E-state index contributed by atoms with van der Waals surface area (Å²) in [5, 5.41) is 10.1. The van der Waals surface area contributed by atoms with E-state index in [0.29, 0.717) is 12.5 Å². The molecule has 0 unspecified atom stereocenters. The Kier molecular flexibility index (Phi) is 2.44. The van der Waals surface area contributed by atoms with E-state index in [-0.39, 0.29) is 5.92 Å². The molecule has 2 heteroatoms. The lowest BCUT2D eigenvalue weighted by Crippen LogP contribution is -2.61. The molecule has 0 aromatic carbocycles. The predicted octanol–water partition coefficient (Wildman–Crippen LogP) is 0.855. The summed E-state index contributed by atoms with van der Waals surface area (Å²) in [6.07, 6.45) is 6.08. The lowest BCUT2D eigenvalue weighted by Gasteiger charge is -2.48. The van der Waals surface area contributed by atoms with Gasteiger partial charge in [0.15, 0.2) is 0 Å².